The van der Waals surface area contributed by atoms with Crippen LogP contribution in [0, 0.1) is 6.92 Å². The van der Waals surface area contributed by atoms with E-state index >= 15 is 0 Å². The summed E-state index contributed by atoms with van der Waals surface area (Å²) in [5.41, 5.74) is 2.02. The van der Waals surface area contributed by atoms with Crippen LogP contribution in [0.3, 0.4) is 0 Å². The lowest BCUT2D eigenvalue weighted by atomic mass is 10.0. The Morgan fingerprint density at radius 1 is 1.11 bits per heavy atom. The Hall–Kier alpha value is -1.42. The average Bonchev–Trinajstić information content (AvgIpc) is 2.34. The fourth-order valence-electron chi connectivity index (χ4n) is 1.62. The van der Waals surface area contributed by atoms with Gasteiger partial charge in [0.2, 0.25) is 5.88 Å². The Balaban J connectivity index is 2.31. The number of hydrogen-bond donors (Lipinski definition) is 0. The third kappa shape index (κ3) is 3.07. The maximum atomic E-state index is 5.79. The molecule has 0 atom stereocenters. The van der Waals surface area contributed by atoms with Gasteiger partial charge in [-0.25, -0.2) is 0 Å². The molecule has 0 aliphatic rings. The second-order valence-electron chi connectivity index (χ2n) is 4.45. The Kier molecular flexibility index (Phi) is 3.97. The van der Waals surface area contributed by atoms with Crippen molar-refractivity contribution < 1.29 is 4.74 Å². The van der Waals surface area contributed by atoms with Crippen LogP contribution >= 0.6 is 15.9 Å². The molecule has 2 aromatic rings. The molecule has 0 N–H and O–H groups in total. The van der Waals surface area contributed by atoms with Gasteiger partial charge < -0.3 is 4.74 Å². The number of ether oxygens (including phenoxy) is 1. The molecule has 1 heterocycles. The van der Waals surface area contributed by atoms with E-state index in [0.717, 1.165) is 21.5 Å². The number of rotatable bonds is 3. The smallest absolute Gasteiger partial charge is 0.238 e. The van der Waals surface area contributed by atoms with Crippen LogP contribution in [0.15, 0.2) is 34.8 Å². The molecule has 0 saturated carbocycles. The Labute approximate surface area is 115 Å². The van der Waals surface area contributed by atoms with Crippen molar-refractivity contribution in [3.8, 4) is 11.6 Å². The third-order valence-electron chi connectivity index (χ3n) is 2.58. The van der Waals surface area contributed by atoms with Gasteiger partial charge in [0, 0.05) is 10.5 Å². The monoisotopic (exact) mass is 306 g/mol. The molecule has 0 spiro atoms. The highest BCUT2D eigenvalue weighted by Gasteiger charge is 2.10. The zero-order valence-corrected chi connectivity index (χ0v) is 12.2. The highest BCUT2D eigenvalue weighted by atomic mass is 79.9. The van der Waals surface area contributed by atoms with Crippen LogP contribution in [-0.2, 0) is 0 Å². The number of halogens is 1. The Bertz CT molecular complexity index is 538. The van der Waals surface area contributed by atoms with Crippen molar-refractivity contribution in [1.29, 1.82) is 0 Å². The van der Waals surface area contributed by atoms with E-state index in [1.807, 2.05) is 31.2 Å². The molecular weight excluding hydrogens is 292 g/mol. The molecule has 0 bridgehead atoms. The average molecular weight is 307 g/mol. The van der Waals surface area contributed by atoms with Crippen molar-refractivity contribution in [3.63, 3.8) is 0 Å². The van der Waals surface area contributed by atoms with E-state index in [9.17, 15) is 0 Å². The lowest BCUT2D eigenvalue weighted by Gasteiger charge is -2.13. The standard InChI is InChI=1S/C14H15BrN2O/c1-9(2)12-8-11(15)5-6-13(12)18-14-7-4-10(3)16-17-14/h4-9H,1-3H3. The first-order chi connectivity index (χ1) is 8.56. The molecule has 4 heteroatoms. The van der Waals surface area contributed by atoms with E-state index in [-0.39, 0.29) is 0 Å². The molecule has 1 aromatic heterocycles. The van der Waals surface area contributed by atoms with Crippen molar-refractivity contribution >= 4 is 15.9 Å². The summed E-state index contributed by atoms with van der Waals surface area (Å²) in [7, 11) is 0. The molecule has 0 radical (unpaired) electrons. The van der Waals surface area contributed by atoms with Crippen LogP contribution in [0.4, 0.5) is 0 Å². The second kappa shape index (κ2) is 5.48. The van der Waals surface area contributed by atoms with Crippen molar-refractivity contribution in [3.05, 3.63) is 46.1 Å². The Morgan fingerprint density at radius 3 is 2.50 bits per heavy atom. The van der Waals surface area contributed by atoms with Gasteiger partial charge in [0.05, 0.1) is 5.69 Å². The van der Waals surface area contributed by atoms with Crippen LogP contribution in [-0.4, -0.2) is 10.2 Å². The topological polar surface area (TPSA) is 35.0 Å². The largest absolute Gasteiger partial charge is 0.437 e. The fourth-order valence-corrected chi connectivity index (χ4v) is 2.00. The first-order valence-corrected chi connectivity index (χ1v) is 6.63. The molecule has 0 unspecified atom stereocenters. The molecule has 2 rings (SSSR count). The molecule has 0 amide bonds. The molecule has 0 aliphatic heterocycles. The SMILES string of the molecule is Cc1ccc(Oc2ccc(Br)cc2C(C)C)nn1. The molecular formula is C14H15BrN2O. The van der Waals surface area contributed by atoms with Gasteiger partial charge in [-0.2, -0.15) is 5.10 Å². The van der Waals surface area contributed by atoms with Gasteiger partial charge >= 0.3 is 0 Å². The number of aromatic nitrogens is 2. The summed E-state index contributed by atoms with van der Waals surface area (Å²) < 4.78 is 6.84. The number of aryl methyl sites for hydroxylation is 1. The fraction of sp³-hybridized carbons (Fsp3) is 0.286. The van der Waals surface area contributed by atoms with Crippen LogP contribution < -0.4 is 4.74 Å². The highest BCUT2D eigenvalue weighted by Crippen LogP contribution is 2.32. The zero-order valence-electron chi connectivity index (χ0n) is 10.6. The van der Waals surface area contributed by atoms with Gasteiger partial charge in [0.1, 0.15) is 5.75 Å². The molecule has 3 nitrogen and oxygen atoms in total. The summed E-state index contributed by atoms with van der Waals surface area (Å²) in [6.07, 6.45) is 0. The van der Waals surface area contributed by atoms with Gasteiger partial charge in [0.15, 0.2) is 0 Å². The lowest BCUT2D eigenvalue weighted by Crippen LogP contribution is -1.96. The minimum atomic E-state index is 0.385. The van der Waals surface area contributed by atoms with E-state index in [4.69, 9.17) is 4.74 Å². The maximum absolute atomic E-state index is 5.79. The minimum absolute atomic E-state index is 0.385. The van der Waals surface area contributed by atoms with Crippen molar-refractivity contribution in [2.45, 2.75) is 26.7 Å². The van der Waals surface area contributed by atoms with Gasteiger partial charge in [-0.1, -0.05) is 29.8 Å². The first-order valence-electron chi connectivity index (χ1n) is 5.84. The Morgan fingerprint density at radius 2 is 1.89 bits per heavy atom. The normalized spacial score (nSPS) is 10.7. The summed E-state index contributed by atoms with van der Waals surface area (Å²) in [6, 6.07) is 9.69. The van der Waals surface area contributed by atoms with Crippen molar-refractivity contribution in [2.24, 2.45) is 0 Å². The molecule has 0 fully saturated rings. The molecule has 94 valence electrons. The van der Waals surface area contributed by atoms with E-state index in [0.29, 0.717) is 11.8 Å². The van der Waals surface area contributed by atoms with Gasteiger partial charge in [-0.3, -0.25) is 0 Å². The number of nitrogens with zero attached hydrogens (tertiary/aromatic N) is 2. The summed E-state index contributed by atoms with van der Waals surface area (Å²) >= 11 is 3.48. The lowest BCUT2D eigenvalue weighted by molar-refractivity contribution is 0.446. The number of benzene rings is 1. The molecule has 18 heavy (non-hydrogen) atoms. The van der Waals surface area contributed by atoms with Crippen LogP contribution in [0.1, 0.15) is 31.0 Å². The summed E-state index contributed by atoms with van der Waals surface area (Å²) in [5.74, 6) is 1.73. The summed E-state index contributed by atoms with van der Waals surface area (Å²) in [5, 5.41) is 8.00. The quantitative estimate of drug-likeness (QED) is 0.839. The van der Waals surface area contributed by atoms with Crippen LogP contribution in [0.5, 0.6) is 11.6 Å². The highest BCUT2D eigenvalue weighted by molar-refractivity contribution is 9.10. The van der Waals surface area contributed by atoms with Gasteiger partial charge in [-0.05, 0) is 42.7 Å². The minimum Gasteiger partial charge on any atom is -0.437 e. The van der Waals surface area contributed by atoms with E-state index in [2.05, 4.69) is 46.0 Å². The van der Waals surface area contributed by atoms with Crippen LogP contribution in [0.2, 0.25) is 0 Å². The molecule has 0 aliphatic carbocycles. The third-order valence-corrected chi connectivity index (χ3v) is 3.08. The number of hydrogen-bond acceptors (Lipinski definition) is 3. The van der Waals surface area contributed by atoms with E-state index < -0.39 is 0 Å². The maximum Gasteiger partial charge on any atom is 0.238 e. The van der Waals surface area contributed by atoms with Crippen molar-refractivity contribution in [1.82, 2.24) is 10.2 Å². The predicted octanol–water partition coefficient (Wildman–Crippen LogP) is 4.46. The van der Waals surface area contributed by atoms with Crippen LogP contribution in [0.25, 0.3) is 0 Å². The van der Waals surface area contributed by atoms with E-state index in [1.54, 1.807) is 0 Å². The first kappa shape index (κ1) is 13.0. The molecule has 0 saturated heterocycles. The summed E-state index contributed by atoms with van der Waals surface area (Å²) in [6.45, 7) is 6.17. The van der Waals surface area contributed by atoms with Gasteiger partial charge in [0.25, 0.3) is 0 Å². The zero-order chi connectivity index (χ0) is 13.1. The molecule has 1 aromatic carbocycles. The van der Waals surface area contributed by atoms with E-state index in [1.165, 1.54) is 0 Å². The predicted molar refractivity (Wildman–Crippen MR) is 75.1 cm³/mol. The second-order valence-corrected chi connectivity index (χ2v) is 5.37. The van der Waals surface area contributed by atoms with Crippen molar-refractivity contribution in [2.75, 3.05) is 0 Å². The van der Waals surface area contributed by atoms with Gasteiger partial charge in [-0.15, -0.1) is 5.10 Å². The summed E-state index contributed by atoms with van der Waals surface area (Å²) in [4.78, 5) is 0.